The Morgan fingerprint density at radius 2 is 2.00 bits per heavy atom. The number of methoxy groups -OCH3 is 1. The summed E-state index contributed by atoms with van der Waals surface area (Å²) in [5.74, 6) is -0.846. The lowest BCUT2D eigenvalue weighted by atomic mass is 10.3. The van der Waals surface area contributed by atoms with Gasteiger partial charge < -0.3 is 9.15 Å². The maximum atomic E-state index is 13.4. The Morgan fingerprint density at radius 1 is 1.38 bits per heavy atom. The second-order valence-electron chi connectivity index (χ2n) is 5.15. The van der Waals surface area contributed by atoms with E-state index in [9.17, 15) is 22.4 Å². The van der Waals surface area contributed by atoms with Crippen LogP contribution in [0.2, 0.25) is 0 Å². The summed E-state index contributed by atoms with van der Waals surface area (Å²) in [5.41, 5.74) is -1.03. The van der Waals surface area contributed by atoms with Gasteiger partial charge >= 0.3 is 11.6 Å². The molecule has 0 fully saturated rings. The number of hydrogen-bond donors (Lipinski definition) is 0. The average molecular weight is 377 g/mol. The lowest BCUT2D eigenvalue weighted by molar-refractivity contribution is 0.0596. The summed E-state index contributed by atoms with van der Waals surface area (Å²) >= 11 is 0.996. The van der Waals surface area contributed by atoms with Gasteiger partial charge in [0.15, 0.2) is 5.58 Å². The first-order chi connectivity index (χ1) is 11.1. The van der Waals surface area contributed by atoms with Crippen molar-refractivity contribution in [2.24, 2.45) is 0 Å². The molecule has 2 rings (SSSR count). The van der Waals surface area contributed by atoms with Crippen molar-refractivity contribution in [3.63, 3.8) is 0 Å². The van der Waals surface area contributed by atoms with Crippen molar-refractivity contribution in [1.82, 2.24) is 0 Å². The van der Waals surface area contributed by atoms with E-state index in [1.54, 1.807) is 0 Å². The minimum atomic E-state index is -3.92. The van der Waals surface area contributed by atoms with Gasteiger partial charge in [0.25, 0.3) is 0 Å². The standard InChI is InChI=1S/C14H16FNO6S2/c1-7(15)8(2)24(19,20)16(3)12-6-10-11(23-12)5-9(13(17)21-4)14(18)22-10/h5-8H,1-4H3/t7?,8-/m0/s1. The predicted molar refractivity (Wildman–Crippen MR) is 89.1 cm³/mol. The number of hydrogen-bond acceptors (Lipinski definition) is 7. The summed E-state index contributed by atoms with van der Waals surface area (Å²) in [6.45, 7) is 2.45. The lowest BCUT2D eigenvalue weighted by Crippen LogP contribution is -2.38. The Balaban J connectivity index is 2.51. The summed E-state index contributed by atoms with van der Waals surface area (Å²) in [5, 5.41) is -0.993. The molecule has 10 heteroatoms. The molecule has 0 aliphatic heterocycles. The summed E-state index contributed by atoms with van der Waals surface area (Å²) in [7, 11) is -1.50. The van der Waals surface area contributed by atoms with E-state index in [0.717, 1.165) is 22.8 Å². The van der Waals surface area contributed by atoms with Gasteiger partial charge in [0, 0.05) is 13.1 Å². The number of rotatable bonds is 5. The number of carbonyl (C=O) groups excluding carboxylic acids is 1. The quantitative estimate of drug-likeness (QED) is 0.741. The van der Waals surface area contributed by atoms with Crippen LogP contribution in [0.15, 0.2) is 21.3 Å². The van der Waals surface area contributed by atoms with E-state index in [0.29, 0.717) is 4.70 Å². The zero-order chi connectivity index (χ0) is 18.2. The van der Waals surface area contributed by atoms with Crippen molar-refractivity contribution in [3.05, 3.63) is 28.1 Å². The highest BCUT2D eigenvalue weighted by Gasteiger charge is 2.32. The van der Waals surface area contributed by atoms with Crippen molar-refractivity contribution in [1.29, 1.82) is 0 Å². The summed E-state index contributed by atoms with van der Waals surface area (Å²) in [6, 6.07) is 2.64. The number of anilines is 1. The fourth-order valence-corrected chi connectivity index (χ4v) is 4.52. The van der Waals surface area contributed by atoms with Crippen molar-refractivity contribution in [2.45, 2.75) is 25.3 Å². The number of sulfonamides is 1. The third-order valence-corrected chi connectivity index (χ3v) is 7.15. The van der Waals surface area contributed by atoms with Crippen LogP contribution in [-0.2, 0) is 14.8 Å². The van der Waals surface area contributed by atoms with Crippen molar-refractivity contribution < 1.29 is 26.8 Å². The fraction of sp³-hybridized carbons (Fsp3) is 0.429. The molecule has 0 bridgehead atoms. The Morgan fingerprint density at radius 3 is 2.54 bits per heavy atom. The summed E-state index contributed by atoms with van der Waals surface area (Å²) in [4.78, 5) is 23.3. The van der Waals surface area contributed by atoms with Crippen molar-refractivity contribution in [2.75, 3.05) is 18.5 Å². The van der Waals surface area contributed by atoms with Crippen LogP contribution < -0.4 is 9.93 Å². The van der Waals surface area contributed by atoms with Crippen LogP contribution in [0.25, 0.3) is 10.3 Å². The largest absolute Gasteiger partial charge is 0.465 e. The molecule has 0 saturated heterocycles. The molecule has 2 heterocycles. The normalized spacial score (nSPS) is 14.4. The van der Waals surface area contributed by atoms with Crippen LogP contribution in [0, 0.1) is 0 Å². The van der Waals surface area contributed by atoms with E-state index in [4.69, 9.17) is 4.42 Å². The van der Waals surface area contributed by atoms with Crippen LogP contribution in [-0.4, -0.2) is 40.0 Å². The summed E-state index contributed by atoms with van der Waals surface area (Å²) in [6.07, 6.45) is -1.55. The molecule has 2 atom stereocenters. The number of carbonyl (C=O) groups is 1. The van der Waals surface area contributed by atoms with Gasteiger partial charge in [-0.2, -0.15) is 0 Å². The second kappa shape index (κ2) is 6.52. The topological polar surface area (TPSA) is 93.9 Å². The van der Waals surface area contributed by atoms with Crippen LogP contribution in [0.4, 0.5) is 9.39 Å². The zero-order valence-corrected chi connectivity index (χ0v) is 15.0. The van der Waals surface area contributed by atoms with Gasteiger partial charge in [0.1, 0.15) is 22.0 Å². The molecule has 0 spiro atoms. The lowest BCUT2D eigenvalue weighted by Gasteiger charge is -2.22. The molecule has 2 aromatic rings. The maximum absolute atomic E-state index is 13.4. The minimum Gasteiger partial charge on any atom is -0.465 e. The molecular formula is C14H16FNO6S2. The first kappa shape index (κ1) is 18.4. The molecule has 7 nitrogen and oxygen atoms in total. The first-order valence-corrected chi connectivity index (χ1v) is 9.19. The SMILES string of the molecule is COC(=O)c1cc2sc(N(C)S(=O)(=O)[C@@H](C)C(C)F)cc2oc1=O. The highest BCUT2D eigenvalue weighted by atomic mass is 32.2. The molecule has 2 aromatic heterocycles. The molecule has 0 N–H and O–H groups in total. The number of halogens is 1. The number of thiophene rings is 1. The maximum Gasteiger partial charge on any atom is 0.351 e. The number of esters is 1. The van der Waals surface area contributed by atoms with Gasteiger partial charge in [-0.25, -0.2) is 22.4 Å². The Hall–Kier alpha value is -1.94. The molecular weight excluding hydrogens is 361 g/mol. The van der Waals surface area contributed by atoms with Gasteiger partial charge in [-0.05, 0) is 19.9 Å². The minimum absolute atomic E-state index is 0.135. The first-order valence-electron chi connectivity index (χ1n) is 6.87. The third-order valence-electron chi connectivity index (χ3n) is 3.62. The van der Waals surface area contributed by atoms with Crippen LogP contribution in [0.3, 0.4) is 0 Å². The zero-order valence-electron chi connectivity index (χ0n) is 13.4. The highest BCUT2D eigenvalue weighted by molar-refractivity contribution is 7.93. The van der Waals surface area contributed by atoms with Crippen molar-refractivity contribution in [3.8, 4) is 0 Å². The van der Waals surface area contributed by atoms with Gasteiger partial charge in [-0.1, -0.05) is 0 Å². The van der Waals surface area contributed by atoms with E-state index in [1.165, 1.54) is 33.0 Å². The van der Waals surface area contributed by atoms with Crippen LogP contribution >= 0.6 is 11.3 Å². The number of fused-ring (bicyclic) bond motifs is 1. The molecule has 0 amide bonds. The monoisotopic (exact) mass is 377 g/mol. The number of alkyl halides is 1. The molecule has 1 unspecified atom stereocenters. The third kappa shape index (κ3) is 3.16. The molecule has 0 aliphatic rings. The molecule has 0 aliphatic carbocycles. The molecule has 0 aromatic carbocycles. The Labute approximate surface area is 141 Å². The highest BCUT2D eigenvalue weighted by Crippen LogP contribution is 2.34. The van der Waals surface area contributed by atoms with Crippen LogP contribution in [0.1, 0.15) is 24.2 Å². The summed E-state index contributed by atoms with van der Waals surface area (Å²) < 4.78 is 49.0. The van der Waals surface area contributed by atoms with E-state index in [2.05, 4.69) is 4.74 Å². The number of ether oxygens (including phenoxy) is 1. The smallest absolute Gasteiger partial charge is 0.351 e. The Kier molecular flexibility index (Phi) is 5.00. The van der Waals surface area contributed by atoms with Crippen molar-refractivity contribution >= 4 is 42.6 Å². The van der Waals surface area contributed by atoms with Gasteiger partial charge in [0.05, 0.1) is 11.8 Å². The Bertz CT molecular complexity index is 930. The average Bonchev–Trinajstić information content (AvgIpc) is 2.93. The second-order valence-corrected chi connectivity index (χ2v) is 8.53. The fourth-order valence-electron chi connectivity index (χ4n) is 1.92. The predicted octanol–water partition coefficient (Wildman–Crippen LogP) is 2.15. The van der Waals surface area contributed by atoms with Gasteiger partial charge in [-0.3, -0.25) is 4.31 Å². The van der Waals surface area contributed by atoms with E-state index >= 15 is 0 Å². The molecule has 0 radical (unpaired) electrons. The van der Waals surface area contributed by atoms with Gasteiger partial charge in [0.2, 0.25) is 10.0 Å². The van der Waals surface area contributed by atoms with E-state index < -0.39 is 33.0 Å². The molecule has 0 saturated carbocycles. The van der Waals surface area contributed by atoms with Crippen LogP contribution in [0.5, 0.6) is 0 Å². The number of nitrogens with zero attached hydrogens (tertiary/aromatic N) is 1. The van der Waals surface area contributed by atoms with E-state index in [1.807, 2.05) is 0 Å². The van der Waals surface area contributed by atoms with Gasteiger partial charge in [-0.15, -0.1) is 11.3 Å². The molecule has 132 valence electrons. The van der Waals surface area contributed by atoms with E-state index in [-0.39, 0.29) is 16.1 Å². The molecule has 24 heavy (non-hydrogen) atoms.